The van der Waals surface area contributed by atoms with Crippen molar-refractivity contribution in [2.24, 2.45) is 11.8 Å². The van der Waals surface area contributed by atoms with E-state index in [2.05, 4.69) is 41.5 Å². The van der Waals surface area contributed by atoms with Gasteiger partial charge in [0.15, 0.2) is 12.2 Å². The molecule has 0 amide bonds. The van der Waals surface area contributed by atoms with E-state index in [1.807, 2.05) is 0 Å². The standard InChI is InChI=1S/C66H128O17P2/c1-7-9-11-13-15-17-18-19-20-21-22-23-24-25-27-29-38-44-50-65(70)82-61(55-77-64(69)49-43-37-32-30-34-40-46-58(3)4)56-80-84(72,73)78-52-60(67)53-79-85(74,75)81-57-62(83-66(71)51-45-39-33-31-35-41-47-59(5)6)54-76-63(68)48-42-36-28-26-16-14-12-10-8-2/h58-62,67H,7-57H2,1-6H3,(H,72,73)(H,74,75)/t60-,61-,62-/m1/s1. The minimum absolute atomic E-state index is 0.102. The van der Waals surface area contributed by atoms with Crippen molar-refractivity contribution in [2.45, 2.75) is 349 Å². The van der Waals surface area contributed by atoms with Crippen LogP contribution in [-0.4, -0.2) is 96.7 Å². The van der Waals surface area contributed by atoms with Gasteiger partial charge in [0.25, 0.3) is 0 Å². The van der Waals surface area contributed by atoms with E-state index >= 15 is 0 Å². The zero-order valence-electron chi connectivity index (χ0n) is 54.9. The van der Waals surface area contributed by atoms with Crippen LogP contribution in [0.2, 0.25) is 0 Å². The summed E-state index contributed by atoms with van der Waals surface area (Å²) in [5.41, 5.74) is 0. The number of rotatable bonds is 65. The predicted molar refractivity (Wildman–Crippen MR) is 340 cm³/mol. The fourth-order valence-electron chi connectivity index (χ4n) is 9.88. The molecule has 0 spiro atoms. The van der Waals surface area contributed by atoms with Gasteiger partial charge in [-0.3, -0.25) is 37.3 Å². The van der Waals surface area contributed by atoms with Crippen molar-refractivity contribution in [3.8, 4) is 0 Å². The van der Waals surface area contributed by atoms with E-state index in [9.17, 15) is 43.2 Å². The van der Waals surface area contributed by atoms with Crippen LogP contribution in [0.4, 0.5) is 0 Å². The van der Waals surface area contributed by atoms with Crippen molar-refractivity contribution in [3.63, 3.8) is 0 Å². The van der Waals surface area contributed by atoms with Gasteiger partial charge in [0.1, 0.15) is 19.3 Å². The minimum atomic E-state index is -4.95. The first-order chi connectivity index (χ1) is 40.9. The summed E-state index contributed by atoms with van der Waals surface area (Å²) in [4.78, 5) is 72.2. The molecule has 0 bridgehead atoms. The summed E-state index contributed by atoms with van der Waals surface area (Å²) < 4.78 is 68.0. The molecule has 0 radical (unpaired) electrons. The average molecular weight is 1260 g/mol. The fraction of sp³-hybridized carbons (Fsp3) is 0.939. The molecule has 0 heterocycles. The molecule has 0 aromatic rings. The van der Waals surface area contributed by atoms with E-state index in [4.69, 9.17) is 37.0 Å². The van der Waals surface area contributed by atoms with Crippen LogP contribution >= 0.6 is 15.6 Å². The number of carbonyl (C=O) groups is 4. The van der Waals surface area contributed by atoms with Crippen LogP contribution in [0, 0.1) is 11.8 Å². The summed E-state index contributed by atoms with van der Waals surface area (Å²) in [5.74, 6) is -0.789. The maximum atomic E-state index is 13.0. The van der Waals surface area contributed by atoms with Crippen LogP contribution in [0.1, 0.15) is 330 Å². The zero-order valence-corrected chi connectivity index (χ0v) is 56.7. The van der Waals surface area contributed by atoms with Gasteiger partial charge in [-0.25, -0.2) is 9.13 Å². The van der Waals surface area contributed by atoms with E-state index in [0.29, 0.717) is 37.5 Å². The lowest BCUT2D eigenvalue weighted by Crippen LogP contribution is -2.30. The highest BCUT2D eigenvalue weighted by Crippen LogP contribution is 2.45. The number of aliphatic hydroxyl groups excluding tert-OH is 1. The Balaban J connectivity index is 5.16. The van der Waals surface area contributed by atoms with Crippen molar-refractivity contribution in [1.29, 1.82) is 0 Å². The second-order valence-corrected chi connectivity index (χ2v) is 27.7. The SMILES string of the molecule is CCCCCCCCCCCCCCCCCCCCC(=O)O[C@H](COC(=O)CCCCCCCCC(C)C)COP(=O)(O)OC[C@@H](O)COP(=O)(O)OC[C@@H](COC(=O)CCCCCCCCCCC)OC(=O)CCCCCCCCC(C)C. The molecule has 0 rings (SSSR count). The molecule has 3 N–H and O–H groups in total. The van der Waals surface area contributed by atoms with Gasteiger partial charge in [0.2, 0.25) is 0 Å². The first kappa shape index (κ1) is 83.1. The van der Waals surface area contributed by atoms with Crippen molar-refractivity contribution in [2.75, 3.05) is 39.6 Å². The lowest BCUT2D eigenvalue weighted by molar-refractivity contribution is -0.161. The molecule has 0 aliphatic carbocycles. The molecule has 0 aliphatic rings. The van der Waals surface area contributed by atoms with E-state index in [-0.39, 0.29) is 25.7 Å². The van der Waals surface area contributed by atoms with E-state index in [0.717, 1.165) is 96.3 Å². The molecular weight excluding hydrogens is 1130 g/mol. The number of ether oxygens (including phenoxy) is 4. The molecule has 0 aromatic carbocycles. The van der Waals surface area contributed by atoms with Gasteiger partial charge in [-0.1, -0.05) is 279 Å². The Morgan fingerprint density at radius 2 is 0.541 bits per heavy atom. The van der Waals surface area contributed by atoms with Gasteiger partial charge >= 0.3 is 39.5 Å². The highest BCUT2D eigenvalue weighted by atomic mass is 31.2. The van der Waals surface area contributed by atoms with Crippen LogP contribution in [0.15, 0.2) is 0 Å². The second kappa shape index (κ2) is 58.4. The summed E-state index contributed by atoms with van der Waals surface area (Å²) in [6.07, 6.45) is 42.1. The lowest BCUT2D eigenvalue weighted by atomic mass is 10.0. The number of esters is 4. The molecule has 85 heavy (non-hydrogen) atoms. The molecular formula is C66H128O17P2. The number of phosphoric ester groups is 2. The first-order valence-corrected chi connectivity index (χ1v) is 37.5. The van der Waals surface area contributed by atoms with Crippen LogP contribution in [0.25, 0.3) is 0 Å². The second-order valence-electron chi connectivity index (χ2n) is 24.8. The number of unbranched alkanes of at least 4 members (excludes halogenated alkanes) is 35. The van der Waals surface area contributed by atoms with Crippen molar-refractivity contribution >= 4 is 39.5 Å². The molecule has 0 saturated carbocycles. The number of hydrogen-bond donors (Lipinski definition) is 3. The fourth-order valence-corrected chi connectivity index (χ4v) is 11.5. The van der Waals surface area contributed by atoms with Crippen LogP contribution in [-0.2, 0) is 65.4 Å². The van der Waals surface area contributed by atoms with Gasteiger partial charge in [-0.2, -0.15) is 0 Å². The van der Waals surface area contributed by atoms with E-state index in [1.54, 1.807) is 0 Å². The molecule has 0 aromatic heterocycles. The van der Waals surface area contributed by atoms with E-state index in [1.165, 1.54) is 141 Å². The molecule has 0 fully saturated rings. The molecule has 17 nitrogen and oxygen atoms in total. The highest BCUT2D eigenvalue weighted by molar-refractivity contribution is 7.47. The number of aliphatic hydroxyl groups is 1. The van der Waals surface area contributed by atoms with Crippen LogP contribution in [0.5, 0.6) is 0 Å². The Labute approximate surface area is 517 Å². The number of hydrogen-bond acceptors (Lipinski definition) is 15. The summed E-state index contributed by atoms with van der Waals surface area (Å²) in [5, 5.41) is 10.5. The van der Waals surface area contributed by atoms with Gasteiger partial charge in [-0.05, 0) is 37.5 Å². The molecule has 504 valence electrons. The molecule has 0 aliphatic heterocycles. The van der Waals surface area contributed by atoms with Gasteiger partial charge in [0.05, 0.1) is 26.4 Å². The smallest absolute Gasteiger partial charge is 0.462 e. The lowest BCUT2D eigenvalue weighted by Gasteiger charge is -2.21. The van der Waals surface area contributed by atoms with Crippen LogP contribution < -0.4 is 0 Å². The summed E-state index contributed by atoms with van der Waals surface area (Å²) in [6.45, 7) is 9.32. The highest BCUT2D eigenvalue weighted by Gasteiger charge is 2.30. The van der Waals surface area contributed by atoms with Crippen molar-refractivity contribution < 1.29 is 80.2 Å². The normalized spacial score (nSPS) is 14.2. The maximum absolute atomic E-state index is 13.0. The van der Waals surface area contributed by atoms with Crippen LogP contribution in [0.3, 0.4) is 0 Å². The van der Waals surface area contributed by atoms with Crippen molar-refractivity contribution in [1.82, 2.24) is 0 Å². The Kier molecular flexibility index (Phi) is 57.1. The third-order valence-electron chi connectivity index (χ3n) is 15.2. The minimum Gasteiger partial charge on any atom is -0.462 e. The summed E-state index contributed by atoms with van der Waals surface area (Å²) >= 11 is 0. The third kappa shape index (κ3) is 60.7. The molecule has 0 saturated heterocycles. The molecule has 2 unspecified atom stereocenters. The predicted octanol–water partition coefficient (Wildman–Crippen LogP) is 18.4. The van der Waals surface area contributed by atoms with Gasteiger partial charge in [-0.15, -0.1) is 0 Å². The number of phosphoric acid groups is 2. The van der Waals surface area contributed by atoms with Crippen molar-refractivity contribution in [3.05, 3.63) is 0 Å². The molecule has 5 atom stereocenters. The Morgan fingerprint density at radius 3 is 0.800 bits per heavy atom. The quantitative estimate of drug-likeness (QED) is 0.0222. The summed E-state index contributed by atoms with van der Waals surface area (Å²) in [6, 6.07) is 0. The Hall–Kier alpha value is -1.94. The largest absolute Gasteiger partial charge is 0.472 e. The average Bonchev–Trinajstić information content (AvgIpc) is 3.52. The maximum Gasteiger partial charge on any atom is 0.472 e. The van der Waals surface area contributed by atoms with E-state index < -0.39 is 97.5 Å². The summed E-state index contributed by atoms with van der Waals surface area (Å²) in [7, 11) is -9.89. The first-order valence-electron chi connectivity index (χ1n) is 34.5. The van der Waals surface area contributed by atoms with Gasteiger partial charge < -0.3 is 33.8 Å². The topological polar surface area (TPSA) is 237 Å². The molecule has 19 heteroatoms. The Bertz CT molecular complexity index is 1670. The third-order valence-corrected chi connectivity index (χ3v) is 17.1. The zero-order chi connectivity index (χ0) is 62.9. The van der Waals surface area contributed by atoms with Gasteiger partial charge in [0, 0.05) is 25.7 Å². The monoisotopic (exact) mass is 1250 g/mol. The number of carbonyl (C=O) groups excluding carboxylic acids is 4. The Morgan fingerprint density at radius 1 is 0.318 bits per heavy atom.